The van der Waals surface area contributed by atoms with E-state index in [1.807, 2.05) is 12.1 Å². The molecular formula is C21H26F3N5. The van der Waals surface area contributed by atoms with Crippen molar-refractivity contribution in [3.05, 3.63) is 35.4 Å². The van der Waals surface area contributed by atoms with Gasteiger partial charge in [0.05, 0.1) is 17.1 Å². The van der Waals surface area contributed by atoms with Crippen molar-refractivity contribution in [2.45, 2.75) is 57.3 Å². The Kier molecular flexibility index (Phi) is 4.69. The molecular weight excluding hydrogens is 379 g/mol. The van der Waals surface area contributed by atoms with Gasteiger partial charge in [0.15, 0.2) is 11.9 Å². The molecule has 0 spiro atoms. The van der Waals surface area contributed by atoms with Crippen LogP contribution >= 0.6 is 0 Å². The van der Waals surface area contributed by atoms with Gasteiger partial charge in [-0.3, -0.25) is 0 Å². The third-order valence-electron chi connectivity index (χ3n) is 6.48. The number of nitrogens with one attached hydrogen (secondary N) is 3. The summed E-state index contributed by atoms with van der Waals surface area (Å²) in [6.07, 6.45) is 2.99. The van der Waals surface area contributed by atoms with E-state index >= 15 is 0 Å². The average Bonchev–Trinajstić information content (AvgIpc) is 3.43. The molecule has 0 bridgehead atoms. The van der Waals surface area contributed by atoms with Crippen molar-refractivity contribution < 1.29 is 13.2 Å². The second-order valence-electron chi connectivity index (χ2n) is 8.32. The Labute approximate surface area is 167 Å². The molecule has 0 radical (unpaired) electrons. The first-order valence-corrected chi connectivity index (χ1v) is 10.5. The maximum Gasteiger partial charge on any atom is 0.414 e. The molecule has 2 aliphatic heterocycles. The molecule has 3 N–H and O–H groups in total. The zero-order chi connectivity index (χ0) is 20.0. The molecule has 8 heteroatoms. The first-order valence-electron chi connectivity index (χ1n) is 10.5. The van der Waals surface area contributed by atoms with Crippen LogP contribution in [0.2, 0.25) is 0 Å². The van der Waals surface area contributed by atoms with Crippen LogP contribution in [-0.4, -0.2) is 33.8 Å². The van der Waals surface area contributed by atoms with E-state index in [0.29, 0.717) is 30.4 Å². The van der Waals surface area contributed by atoms with Crippen LogP contribution in [0.5, 0.6) is 0 Å². The lowest BCUT2D eigenvalue weighted by molar-refractivity contribution is -0.157. The number of rotatable bonds is 4. The summed E-state index contributed by atoms with van der Waals surface area (Å²) in [6, 6.07) is 2.01. The Bertz CT molecular complexity index is 904. The minimum Gasteiger partial charge on any atom is -0.372 e. The van der Waals surface area contributed by atoms with Gasteiger partial charge in [0.2, 0.25) is 0 Å². The maximum absolute atomic E-state index is 13.9. The largest absolute Gasteiger partial charge is 0.414 e. The van der Waals surface area contributed by atoms with Crippen LogP contribution in [0.25, 0.3) is 17.1 Å². The zero-order valence-corrected chi connectivity index (χ0v) is 16.3. The zero-order valence-electron chi connectivity index (χ0n) is 16.3. The van der Waals surface area contributed by atoms with E-state index in [1.54, 1.807) is 6.20 Å². The van der Waals surface area contributed by atoms with Crippen molar-refractivity contribution in [1.29, 1.82) is 0 Å². The number of piperidine rings is 1. The molecule has 0 aromatic carbocycles. The SMILES string of the molecule is FC(F)(F)C1NC2=C(CCC2)c2c1nc(-c1ccc[nH]1)n2CCC1CCNCC1. The Hall–Kier alpha value is -2.22. The molecule has 1 fully saturated rings. The highest BCUT2D eigenvalue weighted by atomic mass is 19.4. The number of imidazole rings is 1. The highest BCUT2D eigenvalue weighted by molar-refractivity contribution is 5.74. The molecule has 29 heavy (non-hydrogen) atoms. The molecule has 4 heterocycles. The van der Waals surface area contributed by atoms with E-state index in [9.17, 15) is 13.2 Å². The van der Waals surface area contributed by atoms with Crippen LogP contribution in [0.1, 0.15) is 56.0 Å². The van der Waals surface area contributed by atoms with Crippen LogP contribution in [-0.2, 0) is 6.54 Å². The number of alkyl halides is 3. The Morgan fingerprint density at radius 3 is 2.72 bits per heavy atom. The summed E-state index contributed by atoms with van der Waals surface area (Å²) in [5, 5.41) is 6.14. The second-order valence-corrected chi connectivity index (χ2v) is 8.32. The lowest BCUT2D eigenvalue weighted by Crippen LogP contribution is -2.37. The van der Waals surface area contributed by atoms with Gasteiger partial charge in [-0.15, -0.1) is 0 Å². The van der Waals surface area contributed by atoms with Crippen molar-refractivity contribution in [2.24, 2.45) is 5.92 Å². The van der Waals surface area contributed by atoms with Crippen LogP contribution in [0.15, 0.2) is 24.0 Å². The normalized spacial score (nSPS) is 22.5. The molecule has 1 saturated heterocycles. The summed E-state index contributed by atoms with van der Waals surface area (Å²) in [7, 11) is 0. The van der Waals surface area contributed by atoms with Gasteiger partial charge in [-0.25, -0.2) is 4.98 Å². The molecule has 2 aromatic heterocycles. The number of nitrogens with zero attached hydrogens (tertiary/aromatic N) is 2. The lowest BCUT2D eigenvalue weighted by Gasteiger charge is -2.29. The summed E-state index contributed by atoms with van der Waals surface area (Å²) >= 11 is 0. The number of H-pyrrole nitrogens is 1. The van der Waals surface area contributed by atoms with Gasteiger partial charge in [-0.05, 0) is 75.2 Å². The minimum atomic E-state index is -4.38. The van der Waals surface area contributed by atoms with Crippen molar-refractivity contribution in [2.75, 3.05) is 13.1 Å². The predicted octanol–water partition coefficient (Wildman–Crippen LogP) is 4.37. The van der Waals surface area contributed by atoms with Gasteiger partial charge in [0.25, 0.3) is 0 Å². The highest BCUT2D eigenvalue weighted by Crippen LogP contribution is 2.47. The average molecular weight is 405 g/mol. The van der Waals surface area contributed by atoms with Gasteiger partial charge in [0, 0.05) is 18.4 Å². The molecule has 5 nitrogen and oxygen atoms in total. The second kappa shape index (κ2) is 7.23. The molecule has 5 rings (SSSR count). The topological polar surface area (TPSA) is 57.7 Å². The molecule has 3 aliphatic rings. The van der Waals surface area contributed by atoms with Gasteiger partial charge in [-0.1, -0.05) is 0 Å². The van der Waals surface area contributed by atoms with Gasteiger partial charge < -0.3 is 20.2 Å². The standard InChI is InChI=1S/C21H26F3N5/c22-21(23,24)19-17-18(14-3-1-4-15(14)27-19)29(12-8-13-6-10-25-11-7-13)20(28-17)16-5-2-9-26-16/h2,5,9,13,19,25-27H,1,3-4,6-8,10-12H2. The third kappa shape index (κ3) is 3.37. The molecule has 156 valence electrons. The molecule has 0 saturated carbocycles. The van der Waals surface area contributed by atoms with E-state index in [-0.39, 0.29) is 5.69 Å². The number of aromatic nitrogens is 3. The van der Waals surface area contributed by atoms with Crippen LogP contribution in [0.3, 0.4) is 0 Å². The van der Waals surface area contributed by atoms with Crippen LogP contribution in [0, 0.1) is 5.92 Å². The number of hydrogen-bond acceptors (Lipinski definition) is 3. The first kappa shape index (κ1) is 18.8. The quantitative estimate of drug-likeness (QED) is 0.708. The summed E-state index contributed by atoms with van der Waals surface area (Å²) in [4.78, 5) is 7.71. The summed E-state index contributed by atoms with van der Waals surface area (Å²) in [5.74, 6) is 1.22. The highest BCUT2D eigenvalue weighted by Gasteiger charge is 2.48. The monoisotopic (exact) mass is 405 g/mol. The van der Waals surface area contributed by atoms with Crippen molar-refractivity contribution >= 4 is 5.57 Å². The third-order valence-corrected chi connectivity index (χ3v) is 6.48. The predicted molar refractivity (Wildman–Crippen MR) is 105 cm³/mol. The van der Waals surface area contributed by atoms with Crippen LogP contribution in [0.4, 0.5) is 13.2 Å². The minimum absolute atomic E-state index is 0.132. The van der Waals surface area contributed by atoms with Crippen molar-refractivity contribution in [1.82, 2.24) is 25.2 Å². The van der Waals surface area contributed by atoms with Gasteiger partial charge in [-0.2, -0.15) is 13.2 Å². The number of fused-ring (bicyclic) bond motifs is 2. The van der Waals surface area contributed by atoms with E-state index in [4.69, 9.17) is 0 Å². The fourth-order valence-corrected chi connectivity index (χ4v) is 5.01. The fraction of sp³-hybridized carbons (Fsp3) is 0.571. The number of aromatic amines is 1. The van der Waals surface area contributed by atoms with Gasteiger partial charge in [0.1, 0.15) is 0 Å². The van der Waals surface area contributed by atoms with E-state index in [0.717, 1.165) is 62.2 Å². The van der Waals surface area contributed by atoms with Crippen molar-refractivity contribution in [3.63, 3.8) is 0 Å². The summed E-state index contributed by atoms with van der Waals surface area (Å²) in [6.45, 7) is 2.74. The lowest BCUT2D eigenvalue weighted by atomic mass is 9.94. The first-order chi connectivity index (χ1) is 14.0. The van der Waals surface area contributed by atoms with E-state index in [2.05, 4.69) is 25.2 Å². The van der Waals surface area contributed by atoms with Gasteiger partial charge >= 0.3 is 6.18 Å². The fourth-order valence-electron chi connectivity index (χ4n) is 5.01. The molecule has 0 amide bonds. The molecule has 1 atom stereocenters. The van der Waals surface area contributed by atoms with E-state index < -0.39 is 12.2 Å². The molecule has 2 aromatic rings. The maximum atomic E-state index is 13.9. The smallest absolute Gasteiger partial charge is 0.372 e. The summed E-state index contributed by atoms with van der Waals surface area (Å²) < 4.78 is 43.7. The van der Waals surface area contributed by atoms with Crippen LogP contribution < -0.4 is 10.6 Å². The Morgan fingerprint density at radius 1 is 1.17 bits per heavy atom. The number of allylic oxidation sites excluding steroid dienone is 2. The number of hydrogen-bond donors (Lipinski definition) is 3. The summed E-state index contributed by atoms with van der Waals surface area (Å²) in [5.41, 5.74) is 3.38. The van der Waals surface area contributed by atoms with E-state index in [1.165, 1.54) is 0 Å². The molecule has 1 unspecified atom stereocenters. The Morgan fingerprint density at radius 2 is 2.00 bits per heavy atom. The van der Waals surface area contributed by atoms with Crippen molar-refractivity contribution in [3.8, 4) is 11.5 Å². The molecule has 1 aliphatic carbocycles. The number of halogens is 3. The Balaban J connectivity index is 1.59.